The molecule has 2 rings (SSSR count). The van der Waals surface area contributed by atoms with Gasteiger partial charge in [0.05, 0.1) is 0 Å². The fourth-order valence-electron chi connectivity index (χ4n) is 3.56. The largest absolute Gasteiger partial charge is 0.315 e. The zero-order valence-electron chi connectivity index (χ0n) is 14.2. The van der Waals surface area contributed by atoms with E-state index in [0.717, 1.165) is 19.0 Å². The lowest BCUT2D eigenvalue weighted by molar-refractivity contribution is 0.128. The molecule has 1 aliphatic rings. The van der Waals surface area contributed by atoms with E-state index in [4.69, 9.17) is 0 Å². The van der Waals surface area contributed by atoms with Crippen LogP contribution in [0.3, 0.4) is 0 Å². The number of rotatable bonds is 6. The maximum absolute atomic E-state index is 3.54. The monoisotopic (exact) mass is 288 g/mol. The Balaban J connectivity index is 2.04. The minimum absolute atomic E-state index is 0.507. The minimum atomic E-state index is 0.507. The molecule has 1 saturated heterocycles. The van der Waals surface area contributed by atoms with Crippen molar-refractivity contribution in [3.63, 3.8) is 0 Å². The van der Waals surface area contributed by atoms with E-state index in [1.54, 1.807) is 0 Å². The van der Waals surface area contributed by atoms with Gasteiger partial charge in [0.1, 0.15) is 0 Å². The second kappa shape index (κ2) is 7.95. The lowest BCUT2D eigenvalue weighted by Crippen LogP contribution is -2.46. The van der Waals surface area contributed by atoms with Crippen LogP contribution in [0.4, 0.5) is 0 Å². The standard InChI is InChI=1S/C19H32N2/c1-5-21(19-7-6-12-20-14-19)16(4)18-10-8-17(9-11-18)13-15(2)3/h8-11,15-16,19-20H,5-7,12-14H2,1-4H3. The summed E-state index contributed by atoms with van der Waals surface area (Å²) in [6, 6.07) is 10.5. The van der Waals surface area contributed by atoms with Crippen LogP contribution in [0, 0.1) is 5.92 Å². The highest BCUT2D eigenvalue weighted by Crippen LogP contribution is 2.25. The fourth-order valence-corrected chi connectivity index (χ4v) is 3.56. The summed E-state index contributed by atoms with van der Waals surface area (Å²) < 4.78 is 0. The molecule has 1 heterocycles. The average Bonchev–Trinajstić information content (AvgIpc) is 2.49. The van der Waals surface area contributed by atoms with E-state index < -0.39 is 0 Å². The first kappa shape index (κ1) is 16.5. The first-order valence-electron chi connectivity index (χ1n) is 8.67. The molecule has 0 aliphatic carbocycles. The Bertz CT molecular complexity index is 404. The maximum atomic E-state index is 3.54. The second-order valence-electron chi connectivity index (χ2n) is 6.85. The number of nitrogens with one attached hydrogen (secondary N) is 1. The summed E-state index contributed by atoms with van der Waals surface area (Å²) in [5, 5.41) is 3.54. The van der Waals surface area contributed by atoms with E-state index in [2.05, 4.69) is 62.2 Å². The molecule has 2 unspecified atom stereocenters. The molecule has 0 aromatic heterocycles. The van der Waals surface area contributed by atoms with E-state index in [0.29, 0.717) is 12.1 Å². The Kier molecular flexibility index (Phi) is 6.25. The van der Waals surface area contributed by atoms with Crippen LogP contribution in [0.25, 0.3) is 0 Å². The van der Waals surface area contributed by atoms with E-state index in [1.807, 2.05) is 0 Å². The van der Waals surface area contributed by atoms with Gasteiger partial charge in [0.25, 0.3) is 0 Å². The summed E-state index contributed by atoms with van der Waals surface area (Å²) in [6.07, 6.45) is 3.82. The van der Waals surface area contributed by atoms with Crippen molar-refractivity contribution in [2.24, 2.45) is 5.92 Å². The summed E-state index contributed by atoms with van der Waals surface area (Å²) in [5.41, 5.74) is 2.92. The van der Waals surface area contributed by atoms with Gasteiger partial charge in [-0.15, -0.1) is 0 Å². The van der Waals surface area contributed by atoms with Crippen molar-refractivity contribution in [3.8, 4) is 0 Å². The zero-order chi connectivity index (χ0) is 15.2. The smallest absolute Gasteiger partial charge is 0.0323 e. The van der Waals surface area contributed by atoms with Crippen molar-refractivity contribution in [3.05, 3.63) is 35.4 Å². The SMILES string of the molecule is CCN(C1CCCNC1)C(C)c1ccc(CC(C)C)cc1. The van der Waals surface area contributed by atoms with E-state index in [9.17, 15) is 0 Å². The molecule has 0 amide bonds. The number of piperidine rings is 1. The Morgan fingerprint density at radius 1 is 1.19 bits per heavy atom. The summed E-state index contributed by atoms with van der Waals surface area (Å²) >= 11 is 0. The summed E-state index contributed by atoms with van der Waals surface area (Å²) in [5.74, 6) is 0.730. The van der Waals surface area contributed by atoms with Crippen molar-refractivity contribution >= 4 is 0 Å². The van der Waals surface area contributed by atoms with E-state index in [-0.39, 0.29) is 0 Å². The van der Waals surface area contributed by atoms with Gasteiger partial charge in [-0.2, -0.15) is 0 Å². The Hall–Kier alpha value is -0.860. The van der Waals surface area contributed by atoms with Crippen molar-refractivity contribution in [1.29, 1.82) is 0 Å². The van der Waals surface area contributed by atoms with Gasteiger partial charge < -0.3 is 5.32 Å². The normalized spacial score (nSPS) is 21.0. The van der Waals surface area contributed by atoms with Crippen LogP contribution in [0.1, 0.15) is 57.7 Å². The molecule has 0 saturated carbocycles. The highest BCUT2D eigenvalue weighted by molar-refractivity contribution is 5.25. The number of hydrogen-bond acceptors (Lipinski definition) is 2. The quantitative estimate of drug-likeness (QED) is 0.850. The van der Waals surface area contributed by atoms with Crippen LogP contribution in [0.2, 0.25) is 0 Å². The molecule has 2 heteroatoms. The van der Waals surface area contributed by atoms with Crippen molar-refractivity contribution < 1.29 is 0 Å². The molecule has 0 bridgehead atoms. The molecule has 1 aromatic rings. The first-order valence-corrected chi connectivity index (χ1v) is 8.67. The molecule has 1 N–H and O–H groups in total. The predicted molar refractivity (Wildman–Crippen MR) is 91.7 cm³/mol. The van der Waals surface area contributed by atoms with Crippen LogP contribution >= 0.6 is 0 Å². The highest BCUT2D eigenvalue weighted by Gasteiger charge is 2.24. The molecule has 118 valence electrons. The van der Waals surface area contributed by atoms with Crippen molar-refractivity contribution in [1.82, 2.24) is 10.2 Å². The van der Waals surface area contributed by atoms with Crippen LogP contribution in [0.15, 0.2) is 24.3 Å². The Morgan fingerprint density at radius 2 is 1.90 bits per heavy atom. The number of likely N-dealkylation sites (N-methyl/N-ethyl adjacent to an activating group) is 1. The number of nitrogens with zero attached hydrogens (tertiary/aromatic N) is 1. The molecule has 0 radical (unpaired) electrons. The van der Waals surface area contributed by atoms with Crippen molar-refractivity contribution in [2.75, 3.05) is 19.6 Å². The first-order chi connectivity index (χ1) is 10.1. The number of hydrogen-bond donors (Lipinski definition) is 1. The Morgan fingerprint density at radius 3 is 2.43 bits per heavy atom. The second-order valence-corrected chi connectivity index (χ2v) is 6.85. The Labute approximate surface area is 130 Å². The highest BCUT2D eigenvalue weighted by atomic mass is 15.2. The summed E-state index contributed by atoms with van der Waals surface area (Å²) in [6.45, 7) is 12.7. The van der Waals surface area contributed by atoms with Gasteiger partial charge in [-0.1, -0.05) is 45.0 Å². The van der Waals surface area contributed by atoms with Crippen LogP contribution < -0.4 is 5.32 Å². The summed E-state index contributed by atoms with van der Waals surface area (Å²) in [7, 11) is 0. The average molecular weight is 288 g/mol. The van der Waals surface area contributed by atoms with Gasteiger partial charge in [-0.25, -0.2) is 0 Å². The van der Waals surface area contributed by atoms with Gasteiger partial charge >= 0.3 is 0 Å². The summed E-state index contributed by atoms with van der Waals surface area (Å²) in [4.78, 5) is 2.66. The maximum Gasteiger partial charge on any atom is 0.0323 e. The molecule has 2 atom stereocenters. The molecular formula is C19H32N2. The molecule has 1 aromatic carbocycles. The number of benzene rings is 1. The predicted octanol–water partition coefficient (Wildman–Crippen LogP) is 4.02. The van der Waals surface area contributed by atoms with Crippen molar-refractivity contribution in [2.45, 2.75) is 59.0 Å². The topological polar surface area (TPSA) is 15.3 Å². The van der Waals surface area contributed by atoms with Gasteiger partial charge in [0.2, 0.25) is 0 Å². The van der Waals surface area contributed by atoms with Crippen LogP contribution in [-0.2, 0) is 6.42 Å². The minimum Gasteiger partial charge on any atom is -0.315 e. The van der Waals surface area contributed by atoms with Crippen LogP contribution in [0.5, 0.6) is 0 Å². The van der Waals surface area contributed by atoms with Gasteiger partial charge in [-0.05, 0) is 56.3 Å². The molecule has 1 fully saturated rings. The molecule has 2 nitrogen and oxygen atoms in total. The molecule has 1 aliphatic heterocycles. The van der Waals surface area contributed by atoms with E-state index in [1.165, 1.54) is 36.9 Å². The lowest BCUT2D eigenvalue weighted by Gasteiger charge is -2.38. The van der Waals surface area contributed by atoms with Gasteiger partial charge in [0.15, 0.2) is 0 Å². The fraction of sp³-hybridized carbons (Fsp3) is 0.684. The lowest BCUT2D eigenvalue weighted by atomic mass is 9.97. The van der Waals surface area contributed by atoms with Gasteiger partial charge in [0, 0.05) is 18.6 Å². The van der Waals surface area contributed by atoms with Gasteiger partial charge in [-0.3, -0.25) is 4.90 Å². The molecular weight excluding hydrogens is 256 g/mol. The third kappa shape index (κ3) is 4.55. The third-order valence-corrected chi connectivity index (χ3v) is 4.71. The third-order valence-electron chi connectivity index (χ3n) is 4.71. The van der Waals surface area contributed by atoms with E-state index >= 15 is 0 Å². The molecule has 21 heavy (non-hydrogen) atoms. The molecule has 0 spiro atoms. The zero-order valence-corrected chi connectivity index (χ0v) is 14.2. The van der Waals surface area contributed by atoms with Crippen LogP contribution in [-0.4, -0.2) is 30.6 Å².